The number of halogens is 2. The maximum atomic E-state index is 13.1. The van der Waals surface area contributed by atoms with E-state index in [4.69, 9.17) is 5.11 Å². The number of rotatable bonds is 3. The molecule has 0 bridgehead atoms. The highest BCUT2D eigenvalue weighted by Crippen LogP contribution is 2.13. The first-order valence-corrected chi connectivity index (χ1v) is 4.35. The van der Waals surface area contributed by atoms with Gasteiger partial charge in [0.1, 0.15) is 11.6 Å². The summed E-state index contributed by atoms with van der Waals surface area (Å²) in [5.41, 5.74) is -0.0456. The Morgan fingerprint density at radius 1 is 1.40 bits per heavy atom. The molecule has 0 atom stereocenters. The van der Waals surface area contributed by atoms with E-state index in [0.29, 0.717) is 0 Å². The summed E-state index contributed by atoms with van der Waals surface area (Å²) in [6.45, 7) is 1.38. The third-order valence-corrected chi connectivity index (χ3v) is 2.01. The van der Waals surface area contributed by atoms with Crippen molar-refractivity contribution in [1.29, 1.82) is 0 Å². The third kappa shape index (κ3) is 2.87. The van der Waals surface area contributed by atoms with Crippen LogP contribution in [-0.2, 0) is 11.2 Å². The lowest BCUT2D eigenvalue weighted by Crippen LogP contribution is -1.99. The Morgan fingerprint density at radius 3 is 2.40 bits per heavy atom. The van der Waals surface area contributed by atoms with E-state index in [2.05, 4.69) is 0 Å². The van der Waals surface area contributed by atoms with Gasteiger partial charge in [0.05, 0.1) is 0 Å². The van der Waals surface area contributed by atoms with Gasteiger partial charge in [0.25, 0.3) is 0 Å². The standard InChI is InChI=1S/C11H10F2O2/c1-7(11(14)15)5-6-8-9(12)3-2-4-10(8)13/h2-5H,6H2,1H3,(H,14,15). The van der Waals surface area contributed by atoms with E-state index in [9.17, 15) is 13.6 Å². The summed E-state index contributed by atoms with van der Waals surface area (Å²) in [5, 5.41) is 8.54. The van der Waals surface area contributed by atoms with Crippen LogP contribution >= 0.6 is 0 Å². The second kappa shape index (κ2) is 4.68. The van der Waals surface area contributed by atoms with Crippen molar-refractivity contribution in [2.24, 2.45) is 0 Å². The van der Waals surface area contributed by atoms with Crippen LogP contribution in [0.4, 0.5) is 8.78 Å². The van der Waals surface area contributed by atoms with Crippen molar-refractivity contribution in [1.82, 2.24) is 0 Å². The number of aliphatic carboxylic acids is 1. The number of carbonyl (C=O) groups is 1. The zero-order chi connectivity index (χ0) is 11.4. The van der Waals surface area contributed by atoms with Crippen molar-refractivity contribution in [2.75, 3.05) is 0 Å². The Balaban J connectivity index is 2.91. The lowest BCUT2D eigenvalue weighted by atomic mass is 10.1. The Labute approximate surface area is 85.9 Å². The molecule has 0 aliphatic heterocycles. The van der Waals surface area contributed by atoms with E-state index in [0.717, 1.165) is 12.1 Å². The van der Waals surface area contributed by atoms with E-state index in [-0.39, 0.29) is 17.6 Å². The highest BCUT2D eigenvalue weighted by Gasteiger charge is 2.07. The van der Waals surface area contributed by atoms with Crippen LogP contribution in [0.25, 0.3) is 0 Å². The molecule has 0 amide bonds. The van der Waals surface area contributed by atoms with Gasteiger partial charge in [-0.2, -0.15) is 0 Å². The molecule has 0 aliphatic rings. The van der Waals surface area contributed by atoms with Crippen molar-refractivity contribution >= 4 is 5.97 Å². The van der Waals surface area contributed by atoms with Gasteiger partial charge in [-0.15, -0.1) is 0 Å². The average Bonchev–Trinajstić information content (AvgIpc) is 2.16. The van der Waals surface area contributed by atoms with Crippen molar-refractivity contribution < 1.29 is 18.7 Å². The predicted molar refractivity (Wildman–Crippen MR) is 51.5 cm³/mol. The van der Waals surface area contributed by atoms with Gasteiger partial charge in [-0.05, 0) is 25.5 Å². The molecule has 0 aromatic heterocycles. The first-order valence-electron chi connectivity index (χ1n) is 4.35. The smallest absolute Gasteiger partial charge is 0.330 e. The molecule has 2 nitrogen and oxygen atoms in total. The van der Waals surface area contributed by atoms with Gasteiger partial charge >= 0.3 is 5.97 Å². The summed E-state index contributed by atoms with van der Waals surface area (Å²) in [6.07, 6.45) is 1.22. The molecule has 0 fully saturated rings. The Hall–Kier alpha value is -1.71. The lowest BCUT2D eigenvalue weighted by molar-refractivity contribution is -0.132. The molecule has 1 aromatic carbocycles. The average molecular weight is 212 g/mol. The summed E-state index contributed by atoms with van der Waals surface area (Å²) in [5.74, 6) is -2.42. The van der Waals surface area contributed by atoms with Crippen molar-refractivity contribution in [2.45, 2.75) is 13.3 Å². The number of carboxylic acids is 1. The Bertz CT molecular complexity index is 391. The van der Waals surface area contributed by atoms with Crippen LogP contribution in [0.1, 0.15) is 12.5 Å². The minimum absolute atomic E-state index is 0.0589. The van der Waals surface area contributed by atoms with Crippen LogP contribution in [0.5, 0.6) is 0 Å². The van der Waals surface area contributed by atoms with E-state index in [1.807, 2.05) is 0 Å². The van der Waals surface area contributed by atoms with Gasteiger partial charge < -0.3 is 5.11 Å². The molecule has 0 heterocycles. The fourth-order valence-corrected chi connectivity index (χ4v) is 1.07. The summed E-state index contributed by atoms with van der Waals surface area (Å²) < 4.78 is 26.2. The van der Waals surface area contributed by atoms with Crippen LogP contribution in [0, 0.1) is 11.6 Å². The monoisotopic (exact) mass is 212 g/mol. The van der Waals surface area contributed by atoms with Gasteiger partial charge in [0, 0.05) is 11.1 Å². The molecule has 1 rings (SSSR count). The molecule has 4 heteroatoms. The molecular weight excluding hydrogens is 202 g/mol. The molecule has 0 saturated carbocycles. The molecule has 1 N–H and O–H groups in total. The third-order valence-electron chi connectivity index (χ3n) is 2.01. The number of allylic oxidation sites excluding steroid dienone is 1. The second-order valence-electron chi connectivity index (χ2n) is 3.10. The maximum Gasteiger partial charge on any atom is 0.330 e. The predicted octanol–water partition coefficient (Wildman–Crippen LogP) is 2.54. The molecule has 0 saturated heterocycles. The number of hydrogen-bond donors (Lipinski definition) is 1. The number of hydrogen-bond acceptors (Lipinski definition) is 1. The van der Waals surface area contributed by atoms with Crippen LogP contribution < -0.4 is 0 Å². The largest absolute Gasteiger partial charge is 0.478 e. The van der Waals surface area contributed by atoms with Gasteiger partial charge in [-0.3, -0.25) is 0 Å². The van der Waals surface area contributed by atoms with Gasteiger partial charge in [0.15, 0.2) is 0 Å². The summed E-state index contributed by atoms with van der Waals surface area (Å²) in [4.78, 5) is 10.4. The molecule has 80 valence electrons. The fraction of sp³-hybridized carbons (Fsp3) is 0.182. The highest BCUT2D eigenvalue weighted by molar-refractivity contribution is 5.85. The molecule has 0 unspecified atom stereocenters. The minimum Gasteiger partial charge on any atom is -0.478 e. The summed E-state index contributed by atoms with van der Waals surface area (Å²) in [7, 11) is 0. The normalized spacial score (nSPS) is 11.5. The highest BCUT2D eigenvalue weighted by atomic mass is 19.1. The maximum absolute atomic E-state index is 13.1. The molecule has 0 aliphatic carbocycles. The minimum atomic E-state index is -1.09. The quantitative estimate of drug-likeness (QED) is 0.782. The van der Waals surface area contributed by atoms with Crippen LogP contribution in [-0.4, -0.2) is 11.1 Å². The summed E-state index contributed by atoms with van der Waals surface area (Å²) in [6, 6.07) is 3.55. The number of benzene rings is 1. The van der Waals surface area contributed by atoms with Gasteiger partial charge in [-0.25, -0.2) is 13.6 Å². The van der Waals surface area contributed by atoms with E-state index in [1.54, 1.807) is 0 Å². The molecule has 1 aromatic rings. The van der Waals surface area contributed by atoms with Gasteiger partial charge in [-0.1, -0.05) is 12.1 Å². The fourth-order valence-electron chi connectivity index (χ4n) is 1.07. The van der Waals surface area contributed by atoms with Crippen molar-refractivity contribution in [3.8, 4) is 0 Å². The van der Waals surface area contributed by atoms with Gasteiger partial charge in [0.2, 0.25) is 0 Å². The van der Waals surface area contributed by atoms with Crippen LogP contribution in [0.15, 0.2) is 29.8 Å². The van der Waals surface area contributed by atoms with Crippen molar-refractivity contribution in [3.05, 3.63) is 47.0 Å². The zero-order valence-corrected chi connectivity index (χ0v) is 8.13. The van der Waals surface area contributed by atoms with Crippen molar-refractivity contribution in [3.63, 3.8) is 0 Å². The zero-order valence-electron chi connectivity index (χ0n) is 8.13. The SMILES string of the molecule is CC(=CCc1c(F)cccc1F)C(=O)O. The van der Waals surface area contributed by atoms with Crippen LogP contribution in [0.2, 0.25) is 0 Å². The lowest BCUT2D eigenvalue weighted by Gasteiger charge is -2.01. The molecule has 0 spiro atoms. The Kier molecular flexibility index (Phi) is 3.55. The van der Waals surface area contributed by atoms with E-state index in [1.165, 1.54) is 19.1 Å². The molecule has 0 radical (unpaired) electrons. The Morgan fingerprint density at radius 2 is 1.93 bits per heavy atom. The first-order chi connectivity index (χ1) is 7.02. The second-order valence-corrected chi connectivity index (χ2v) is 3.10. The molecule has 15 heavy (non-hydrogen) atoms. The van der Waals surface area contributed by atoms with E-state index < -0.39 is 17.6 Å². The summed E-state index contributed by atoms with van der Waals surface area (Å²) >= 11 is 0. The topological polar surface area (TPSA) is 37.3 Å². The first kappa shape index (κ1) is 11.4. The van der Waals surface area contributed by atoms with Crippen LogP contribution in [0.3, 0.4) is 0 Å². The molecular formula is C11H10F2O2. The number of carboxylic acid groups (broad SMARTS) is 1. The van der Waals surface area contributed by atoms with E-state index >= 15 is 0 Å².